The molecule has 0 unspecified atom stereocenters. The molecule has 3 aromatic carbocycles. The fraction of sp³-hybridized carbons (Fsp3) is 0.269. The van der Waals surface area contributed by atoms with Crippen molar-refractivity contribution >= 4 is 17.2 Å². The minimum Gasteiger partial charge on any atom is -0.329 e. The quantitative estimate of drug-likeness (QED) is 0.352. The maximum atomic E-state index is 5.03. The molecule has 0 fully saturated rings. The molecule has 3 aromatic rings. The van der Waals surface area contributed by atoms with Gasteiger partial charge in [0, 0.05) is 18.3 Å². The molecular formula is C26H30N2. The lowest BCUT2D eigenvalue weighted by Crippen LogP contribution is -2.30. The summed E-state index contributed by atoms with van der Waals surface area (Å²) in [5.41, 5.74) is 5.95. The number of para-hydroxylation sites is 2. The van der Waals surface area contributed by atoms with Crippen molar-refractivity contribution in [3.8, 4) is 0 Å². The van der Waals surface area contributed by atoms with E-state index in [0.717, 1.165) is 23.5 Å². The summed E-state index contributed by atoms with van der Waals surface area (Å²) in [6, 6.07) is 27.4. The third-order valence-electron chi connectivity index (χ3n) is 5.50. The Bertz CT molecular complexity index is 938. The van der Waals surface area contributed by atoms with Crippen LogP contribution in [0.25, 0.3) is 0 Å². The first-order valence-corrected chi connectivity index (χ1v) is 9.96. The second kappa shape index (κ2) is 8.43. The van der Waals surface area contributed by atoms with Gasteiger partial charge >= 0.3 is 0 Å². The lowest BCUT2D eigenvalue weighted by atomic mass is 9.81. The molecule has 0 aliphatic carbocycles. The Balaban J connectivity index is 2.14. The van der Waals surface area contributed by atoms with Gasteiger partial charge in [-0.05, 0) is 42.5 Å². The number of aliphatic imine (C=N–C) groups is 1. The summed E-state index contributed by atoms with van der Waals surface area (Å²) in [6.45, 7) is 8.97. The Morgan fingerprint density at radius 1 is 0.857 bits per heavy atom. The molecule has 0 saturated carbocycles. The minimum atomic E-state index is 0.0932. The van der Waals surface area contributed by atoms with Crippen molar-refractivity contribution in [1.82, 2.24) is 0 Å². The first-order chi connectivity index (χ1) is 13.4. The van der Waals surface area contributed by atoms with Gasteiger partial charge in [0.25, 0.3) is 0 Å². The van der Waals surface area contributed by atoms with Crippen LogP contribution in [0.5, 0.6) is 0 Å². The van der Waals surface area contributed by atoms with Crippen LogP contribution >= 0.6 is 0 Å². The van der Waals surface area contributed by atoms with Gasteiger partial charge in [-0.1, -0.05) is 87.0 Å². The van der Waals surface area contributed by atoms with Crippen molar-refractivity contribution in [2.24, 2.45) is 4.99 Å². The summed E-state index contributed by atoms with van der Waals surface area (Å²) in [5.74, 6) is 0.950. The van der Waals surface area contributed by atoms with Gasteiger partial charge in [-0.3, -0.25) is 0 Å². The van der Waals surface area contributed by atoms with E-state index in [2.05, 4.69) is 88.2 Å². The Labute approximate surface area is 169 Å². The third-order valence-corrected chi connectivity index (χ3v) is 5.50. The highest BCUT2D eigenvalue weighted by Crippen LogP contribution is 2.35. The molecule has 0 spiro atoms. The Kier molecular flexibility index (Phi) is 5.99. The molecule has 0 amide bonds. The molecule has 0 aromatic heterocycles. The van der Waals surface area contributed by atoms with Crippen molar-refractivity contribution in [3.05, 3.63) is 95.6 Å². The van der Waals surface area contributed by atoms with E-state index < -0.39 is 0 Å². The molecule has 3 rings (SSSR count). The average molecular weight is 371 g/mol. The second-order valence-corrected chi connectivity index (χ2v) is 7.95. The zero-order chi connectivity index (χ0) is 20.1. The van der Waals surface area contributed by atoms with E-state index in [1.165, 1.54) is 16.8 Å². The van der Waals surface area contributed by atoms with Crippen molar-refractivity contribution in [2.45, 2.75) is 39.5 Å². The number of nitrogens with zero attached hydrogens (tertiary/aromatic N) is 2. The van der Waals surface area contributed by atoms with E-state index in [1.807, 2.05) is 30.3 Å². The number of amidine groups is 1. The number of aryl methyl sites for hydroxylation is 1. The standard InChI is InChI=1S/C26H30N2/c1-6-26(3,4)23-14-10-11-15-24(23)28(5)25(21-18-16-20(2)17-19-21)27-22-12-8-7-9-13-22/h7-19H,6H2,1-5H3. The summed E-state index contributed by atoms with van der Waals surface area (Å²) in [5, 5.41) is 0. The zero-order valence-corrected chi connectivity index (χ0v) is 17.6. The van der Waals surface area contributed by atoms with Crippen molar-refractivity contribution in [3.63, 3.8) is 0 Å². The van der Waals surface area contributed by atoms with Crippen LogP contribution < -0.4 is 4.90 Å². The number of hydrogen-bond donors (Lipinski definition) is 0. The molecule has 0 N–H and O–H groups in total. The van der Waals surface area contributed by atoms with Gasteiger partial charge in [-0.2, -0.15) is 0 Å². The number of anilines is 1. The maximum Gasteiger partial charge on any atom is 0.140 e. The first kappa shape index (κ1) is 19.9. The van der Waals surface area contributed by atoms with Crippen LogP contribution in [0.3, 0.4) is 0 Å². The van der Waals surface area contributed by atoms with E-state index in [9.17, 15) is 0 Å². The topological polar surface area (TPSA) is 15.6 Å². The van der Waals surface area contributed by atoms with E-state index >= 15 is 0 Å². The van der Waals surface area contributed by atoms with Crippen LogP contribution in [0.4, 0.5) is 11.4 Å². The van der Waals surface area contributed by atoms with E-state index in [-0.39, 0.29) is 5.41 Å². The highest BCUT2D eigenvalue weighted by atomic mass is 15.2. The van der Waals surface area contributed by atoms with Crippen molar-refractivity contribution < 1.29 is 0 Å². The zero-order valence-electron chi connectivity index (χ0n) is 17.6. The lowest BCUT2D eigenvalue weighted by molar-refractivity contribution is 0.507. The van der Waals surface area contributed by atoms with E-state index in [1.54, 1.807) is 0 Å². The minimum absolute atomic E-state index is 0.0932. The largest absolute Gasteiger partial charge is 0.329 e. The van der Waals surface area contributed by atoms with Gasteiger partial charge in [0.2, 0.25) is 0 Å². The lowest BCUT2D eigenvalue weighted by Gasteiger charge is -2.31. The van der Waals surface area contributed by atoms with Gasteiger partial charge in [0.15, 0.2) is 0 Å². The fourth-order valence-corrected chi connectivity index (χ4v) is 3.30. The molecule has 0 atom stereocenters. The van der Waals surface area contributed by atoms with Crippen LogP contribution in [0.15, 0.2) is 83.9 Å². The van der Waals surface area contributed by atoms with Crippen molar-refractivity contribution in [1.29, 1.82) is 0 Å². The summed E-state index contributed by atoms with van der Waals surface area (Å²) >= 11 is 0. The van der Waals surface area contributed by atoms with E-state index in [4.69, 9.17) is 4.99 Å². The van der Waals surface area contributed by atoms with Crippen LogP contribution in [-0.2, 0) is 5.41 Å². The fourth-order valence-electron chi connectivity index (χ4n) is 3.30. The maximum absolute atomic E-state index is 5.03. The molecule has 0 saturated heterocycles. The predicted molar refractivity (Wildman–Crippen MR) is 122 cm³/mol. The van der Waals surface area contributed by atoms with Gasteiger partial charge in [0.1, 0.15) is 5.84 Å². The molecule has 0 heterocycles. The molecule has 144 valence electrons. The molecule has 0 aliphatic rings. The molecule has 0 aliphatic heterocycles. The van der Waals surface area contributed by atoms with Crippen LogP contribution in [0.2, 0.25) is 0 Å². The van der Waals surface area contributed by atoms with Crippen LogP contribution in [-0.4, -0.2) is 12.9 Å². The summed E-state index contributed by atoms with van der Waals surface area (Å²) in [6.07, 6.45) is 1.08. The Morgan fingerprint density at radius 2 is 1.46 bits per heavy atom. The monoisotopic (exact) mass is 370 g/mol. The van der Waals surface area contributed by atoms with Crippen LogP contribution in [0.1, 0.15) is 43.9 Å². The normalized spacial score (nSPS) is 12.1. The third kappa shape index (κ3) is 4.33. The van der Waals surface area contributed by atoms with E-state index in [0.29, 0.717) is 0 Å². The molecule has 0 bridgehead atoms. The van der Waals surface area contributed by atoms with Gasteiger partial charge < -0.3 is 4.90 Å². The van der Waals surface area contributed by atoms with Gasteiger partial charge in [-0.15, -0.1) is 0 Å². The summed E-state index contributed by atoms with van der Waals surface area (Å²) < 4.78 is 0. The highest BCUT2D eigenvalue weighted by molar-refractivity contribution is 6.11. The molecule has 0 radical (unpaired) electrons. The molecule has 28 heavy (non-hydrogen) atoms. The Hall–Kier alpha value is -2.87. The number of hydrogen-bond acceptors (Lipinski definition) is 1. The molecule has 2 nitrogen and oxygen atoms in total. The van der Waals surface area contributed by atoms with Gasteiger partial charge in [0.05, 0.1) is 5.69 Å². The number of rotatable bonds is 5. The van der Waals surface area contributed by atoms with Crippen molar-refractivity contribution in [2.75, 3.05) is 11.9 Å². The smallest absolute Gasteiger partial charge is 0.140 e. The predicted octanol–water partition coefficient (Wildman–Crippen LogP) is 6.90. The first-order valence-electron chi connectivity index (χ1n) is 9.96. The highest BCUT2D eigenvalue weighted by Gasteiger charge is 2.24. The van der Waals surface area contributed by atoms with Crippen LogP contribution in [0, 0.1) is 6.92 Å². The molecular weight excluding hydrogens is 340 g/mol. The van der Waals surface area contributed by atoms with Gasteiger partial charge in [-0.25, -0.2) is 4.99 Å². The summed E-state index contributed by atoms with van der Waals surface area (Å²) in [7, 11) is 2.12. The summed E-state index contributed by atoms with van der Waals surface area (Å²) in [4.78, 5) is 7.25. The average Bonchev–Trinajstić information content (AvgIpc) is 2.73. The Morgan fingerprint density at radius 3 is 2.11 bits per heavy atom. The SMILES string of the molecule is CCC(C)(C)c1ccccc1N(C)C(=Nc1ccccc1)c1ccc(C)cc1. The molecule has 2 heteroatoms. The number of benzene rings is 3. The second-order valence-electron chi connectivity index (χ2n) is 7.95.